The molecule has 1 aromatic rings. The fraction of sp³-hybridized carbons (Fsp3) is 0.533. The van der Waals surface area contributed by atoms with E-state index in [0.29, 0.717) is 23.9 Å². The molecule has 0 bridgehead atoms. The first-order valence-corrected chi connectivity index (χ1v) is 7.31. The maximum absolute atomic E-state index is 12.2. The van der Waals surface area contributed by atoms with Gasteiger partial charge in [0.2, 0.25) is 0 Å². The fourth-order valence-electron chi connectivity index (χ4n) is 1.32. The molecule has 0 aliphatic rings. The second-order valence-electron chi connectivity index (χ2n) is 5.50. The smallest absolute Gasteiger partial charge is 0.262 e. The Morgan fingerprint density at radius 2 is 2.21 bits per heavy atom. The molecular formula is C15H22N2OS. The molecule has 4 heteroatoms. The second-order valence-corrected chi connectivity index (χ2v) is 6.41. The van der Waals surface area contributed by atoms with Crippen LogP contribution in [0.25, 0.3) is 0 Å². The van der Waals surface area contributed by atoms with E-state index in [4.69, 9.17) is 5.73 Å². The normalized spacial score (nSPS) is 11.1. The van der Waals surface area contributed by atoms with Crippen LogP contribution in [0.15, 0.2) is 11.4 Å². The van der Waals surface area contributed by atoms with Crippen molar-refractivity contribution in [2.45, 2.75) is 27.7 Å². The molecule has 0 radical (unpaired) electrons. The zero-order valence-corrected chi connectivity index (χ0v) is 12.9. The van der Waals surface area contributed by atoms with E-state index in [2.05, 4.69) is 44.9 Å². The summed E-state index contributed by atoms with van der Waals surface area (Å²) in [5.41, 5.74) is 6.19. The Balaban J connectivity index is 2.72. The largest absolute Gasteiger partial charge is 0.351 e. The van der Waals surface area contributed by atoms with E-state index in [9.17, 15) is 4.79 Å². The van der Waals surface area contributed by atoms with Crippen molar-refractivity contribution < 1.29 is 4.79 Å². The number of amides is 1. The van der Waals surface area contributed by atoms with E-state index >= 15 is 0 Å². The maximum Gasteiger partial charge on any atom is 0.262 e. The molecular weight excluding hydrogens is 256 g/mol. The third-order valence-corrected chi connectivity index (χ3v) is 4.38. The van der Waals surface area contributed by atoms with Crippen molar-refractivity contribution in [3.05, 3.63) is 21.9 Å². The van der Waals surface area contributed by atoms with Crippen LogP contribution in [0.3, 0.4) is 0 Å². The lowest BCUT2D eigenvalue weighted by molar-refractivity contribution is 0.0928. The second kappa shape index (κ2) is 6.74. The number of thiophene rings is 1. The topological polar surface area (TPSA) is 55.1 Å². The third-order valence-electron chi connectivity index (χ3n) is 3.46. The maximum atomic E-state index is 12.2. The summed E-state index contributed by atoms with van der Waals surface area (Å²) in [6, 6.07) is 1.86. The van der Waals surface area contributed by atoms with Crippen molar-refractivity contribution >= 4 is 17.2 Å². The van der Waals surface area contributed by atoms with Crippen LogP contribution in [-0.4, -0.2) is 19.0 Å². The highest BCUT2D eigenvalue weighted by atomic mass is 32.1. The molecule has 1 aromatic heterocycles. The molecule has 0 fully saturated rings. The van der Waals surface area contributed by atoms with Crippen molar-refractivity contribution in [3.63, 3.8) is 0 Å². The minimum absolute atomic E-state index is 0.0509. The van der Waals surface area contributed by atoms with E-state index in [1.807, 2.05) is 11.4 Å². The number of rotatable bonds is 4. The number of carbonyl (C=O) groups excluding carboxylic acids is 1. The van der Waals surface area contributed by atoms with Gasteiger partial charge in [-0.3, -0.25) is 4.79 Å². The van der Waals surface area contributed by atoms with Crippen LogP contribution in [0.5, 0.6) is 0 Å². The van der Waals surface area contributed by atoms with Gasteiger partial charge in [0, 0.05) is 12.1 Å². The van der Waals surface area contributed by atoms with Gasteiger partial charge in [0.25, 0.3) is 5.91 Å². The Morgan fingerprint density at radius 3 is 2.79 bits per heavy atom. The van der Waals surface area contributed by atoms with E-state index < -0.39 is 0 Å². The van der Waals surface area contributed by atoms with Gasteiger partial charge in [-0.25, -0.2) is 0 Å². The summed E-state index contributed by atoms with van der Waals surface area (Å²) in [5, 5.41) is 4.87. The van der Waals surface area contributed by atoms with Gasteiger partial charge in [-0.05, 0) is 22.8 Å². The van der Waals surface area contributed by atoms with Crippen LogP contribution in [-0.2, 0) is 0 Å². The summed E-state index contributed by atoms with van der Waals surface area (Å²) < 4.78 is 0. The van der Waals surface area contributed by atoms with Crippen LogP contribution in [0.1, 0.15) is 42.9 Å². The Bertz CT molecular complexity index is 492. The molecule has 1 heterocycles. The van der Waals surface area contributed by atoms with Crippen LogP contribution >= 0.6 is 11.3 Å². The van der Waals surface area contributed by atoms with Crippen molar-refractivity contribution in [2.75, 3.05) is 13.1 Å². The number of nitrogens with two attached hydrogens (primary N) is 1. The SMILES string of the molecule is CC(C)C(C)(C)CNC(=O)c1sccc1C#CCN. The van der Waals surface area contributed by atoms with E-state index in [1.165, 1.54) is 11.3 Å². The summed E-state index contributed by atoms with van der Waals surface area (Å²) in [6.07, 6.45) is 0. The highest BCUT2D eigenvalue weighted by molar-refractivity contribution is 7.12. The first-order chi connectivity index (χ1) is 8.88. The molecule has 0 spiro atoms. The highest BCUT2D eigenvalue weighted by Crippen LogP contribution is 2.25. The molecule has 0 unspecified atom stereocenters. The molecule has 0 aliphatic carbocycles. The third kappa shape index (κ3) is 4.38. The summed E-state index contributed by atoms with van der Waals surface area (Å²) in [7, 11) is 0. The Morgan fingerprint density at radius 1 is 1.53 bits per heavy atom. The molecule has 0 saturated carbocycles. The molecule has 3 N–H and O–H groups in total. The molecule has 19 heavy (non-hydrogen) atoms. The summed E-state index contributed by atoms with van der Waals surface area (Å²) in [5.74, 6) is 6.17. The van der Waals surface area contributed by atoms with Crippen LogP contribution in [0.2, 0.25) is 0 Å². The van der Waals surface area contributed by atoms with Crippen LogP contribution in [0.4, 0.5) is 0 Å². The zero-order chi connectivity index (χ0) is 14.5. The van der Waals surface area contributed by atoms with Gasteiger partial charge < -0.3 is 11.1 Å². The quantitative estimate of drug-likeness (QED) is 0.831. The van der Waals surface area contributed by atoms with Crippen molar-refractivity contribution in [1.82, 2.24) is 5.32 Å². The number of nitrogens with one attached hydrogen (secondary N) is 1. The van der Waals surface area contributed by atoms with Gasteiger partial charge in [-0.1, -0.05) is 39.5 Å². The van der Waals surface area contributed by atoms with Gasteiger partial charge >= 0.3 is 0 Å². The molecule has 1 amide bonds. The molecule has 1 rings (SSSR count). The Hall–Kier alpha value is -1.31. The zero-order valence-electron chi connectivity index (χ0n) is 12.0. The lowest BCUT2D eigenvalue weighted by atomic mass is 9.81. The van der Waals surface area contributed by atoms with Gasteiger partial charge in [0.1, 0.15) is 4.88 Å². The average molecular weight is 278 g/mol. The molecule has 0 aromatic carbocycles. The fourth-order valence-corrected chi connectivity index (χ4v) is 2.09. The minimum Gasteiger partial charge on any atom is -0.351 e. The van der Waals surface area contributed by atoms with Gasteiger partial charge in [-0.2, -0.15) is 0 Å². The van der Waals surface area contributed by atoms with Crippen LogP contribution < -0.4 is 11.1 Å². The molecule has 0 atom stereocenters. The van der Waals surface area contributed by atoms with Gasteiger partial charge in [0.15, 0.2) is 0 Å². The predicted molar refractivity (Wildman–Crippen MR) is 81.2 cm³/mol. The lowest BCUT2D eigenvalue weighted by Crippen LogP contribution is -2.36. The summed E-state index contributed by atoms with van der Waals surface area (Å²) in [6.45, 7) is 9.59. The van der Waals surface area contributed by atoms with Crippen molar-refractivity contribution in [3.8, 4) is 11.8 Å². The van der Waals surface area contributed by atoms with E-state index in [-0.39, 0.29) is 11.3 Å². The predicted octanol–water partition coefficient (Wildman–Crippen LogP) is 2.47. The Kier molecular flexibility index (Phi) is 5.59. The van der Waals surface area contributed by atoms with Crippen LogP contribution in [0, 0.1) is 23.2 Å². The molecule has 3 nitrogen and oxygen atoms in total. The van der Waals surface area contributed by atoms with Crippen molar-refractivity contribution in [1.29, 1.82) is 0 Å². The van der Waals surface area contributed by atoms with Gasteiger partial charge in [-0.15, -0.1) is 11.3 Å². The lowest BCUT2D eigenvalue weighted by Gasteiger charge is -2.29. The Labute approximate surface area is 119 Å². The standard InChI is InChI=1S/C15H22N2OS/c1-11(2)15(3,4)10-17-14(18)13-12(6-5-8-16)7-9-19-13/h7,9,11H,8,10,16H2,1-4H3,(H,17,18). The number of hydrogen-bond donors (Lipinski definition) is 2. The van der Waals surface area contributed by atoms with E-state index in [0.717, 1.165) is 5.56 Å². The molecule has 104 valence electrons. The highest BCUT2D eigenvalue weighted by Gasteiger charge is 2.23. The monoisotopic (exact) mass is 278 g/mol. The number of hydrogen-bond acceptors (Lipinski definition) is 3. The summed E-state index contributed by atoms with van der Waals surface area (Å²) in [4.78, 5) is 12.8. The van der Waals surface area contributed by atoms with E-state index in [1.54, 1.807) is 0 Å². The summed E-state index contributed by atoms with van der Waals surface area (Å²) >= 11 is 1.41. The number of carbonyl (C=O) groups is 1. The molecule has 0 saturated heterocycles. The average Bonchev–Trinajstić information content (AvgIpc) is 2.81. The van der Waals surface area contributed by atoms with Gasteiger partial charge in [0.05, 0.1) is 6.54 Å². The first-order valence-electron chi connectivity index (χ1n) is 6.43. The molecule has 0 aliphatic heterocycles. The first kappa shape index (κ1) is 15.7. The minimum atomic E-state index is -0.0509. The van der Waals surface area contributed by atoms with Crippen molar-refractivity contribution in [2.24, 2.45) is 17.1 Å².